The number of carbonyl (C=O) groups excluding carboxylic acids is 1. The van der Waals surface area contributed by atoms with Crippen molar-refractivity contribution in [1.29, 1.82) is 0 Å². The van der Waals surface area contributed by atoms with Gasteiger partial charge in [0.25, 0.3) is 5.56 Å². The van der Waals surface area contributed by atoms with Crippen molar-refractivity contribution in [3.05, 3.63) is 75.7 Å². The van der Waals surface area contributed by atoms with Crippen molar-refractivity contribution in [3.8, 4) is 11.1 Å². The van der Waals surface area contributed by atoms with E-state index in [1.807, 2.05) is 30.0 Å². The Bertz CT molecular complexity index is 2040. The van der Waals surface area contributed by atoms with Gasteiger partial charge in [-0.05, 0) is 61.2 Å². The van der Waals surface area contributed by atoms with Crippen LogP contribution in [0.3, 0.4) is 0 Å². The minimum absolute atomic E-state index is 0.00712. The van der Waals surface area contributed by atoms with Gasteiger partial charge in [0.2, 0.25) is 11.9 Å². The number of carbonyl (C=O) groups is 1. The molecule has 1 atom stereocenters. The van der Waals surface area contributed by atoms with E-state index in [1.54, 1.807) is 11.8 Å². The highest BCUT2D eigenvalue weighted by Crippen LogP contribution is 2.33. The molecule has 0 spiro atoms. The van der Waals surface area contributed by atoms with E-state index in [2.05, 4.69) is 14.7 Å². The molecule has 242 valence electrons. The minimum Gasteiger partial charge on any atom is -0.338 e. The van der Waals surface area contributed by atoms with Crippen molar-refractivity contribution in [2.45, 2.75) is 39.4 Å². The van der Waals surface area contributed by atoms with Crippen LogP contribution in [0.4, 0.5) is 30.5 Å². The third-order valence-electron chi connectivity index (χ3n) is 8.49. The van der Waals surface area contributed by atoms with Gasteiger partial charge in [0.1, 0.15) is 17.6 Å². The maximum absolute atomic E-state index is 15.7. The second-order valence-corrected chi connectivity index (χ2v) is 13.1. The lowest BCUT2D eigenvalue weighted by atomic mass is 9.98. The smallest absolute Gasteiger partial charge is 0.301 e. The van der Waals surface area contributed by atoms with Crippen LogP contribution in [-0.2, 0) is 35.0 Å². The zero-order valence-electron chi connectivity index (χ0n) is 25.4. The van der Waals surface area contributed by atoms with Gasteiger partial charge in [-0.25, -0.2) is 18.2 Å². The molecule has 2 aromatic carbocycles. The summed E-state index contributed by atoms with van der Waals surface area (Å²) >= 11 is 0. The third-order valence-corrected chi connectivity index (χ3v) is 9.97. The summed E-state index contributed by atoms with van der Waals surface area (Å²) in [7, 11) is -2.91. The highest BCUT2D eigenvalue weighted by atomic mass is 32.2. The zero-order chi connectivity index (χ0) is 32.9. The molecule has 0 radical (unpaired) electrons. The van der Waals surface area contributed by atoms with E-state index >= 15 is 8.78 Å². The highest BCUT2D eigenvalue weighted by molar-refractivity contribution is 7.90. The molecule has 0 aliphatic carbocycles. The second kappa shape index (κ2) is 12.0. The molecule has 1 saturated heterocycles. The number of aryl methyl sites for hydroxylation is 1. The van der Waals surface area contributed by atoms with Gasteiger partial charge in [-0.2, -0.15) is 17.7 Å². The second-order valence-electron chi connectivity index (χ2n) is 11.4. The maximum atomic E-state index is 15.7. The molecule has 0 bridgehead atoms. The Hall–Kier alpha value is -4.50. The predicted octanol–water partition coefficient (Wildman–Crippen LogP) is 4.04. The van der Waals surface area contributed by atoms with Gasteiger partial charge >= 0.3 is 10.2 Å². The van der Waals surface area contributed by atoms with E-state index in [9.17, 15) is 22.4 Å². The quantitative estimate of drug-likeness (QED) is 0.319. The topological polar surface area (TPSA) is 121 Å². The monoisotopic (exact) mass is 655 g/mol. The number of fused-ring (bicyclic) bond motifs is 2. The number of anilines is 3. The van der Waals surface area contributed by atoms with Gasteiger partial charge in [0.15, 0.2) is 5.82 Å². The molecule has 11 nitrogen and oxygen atoms in total. The molecule has 1 N–H and O–H groups in total. The number of hydrogen-bond acceptors (Lipinski definition) is 7. The molecule has 2 aliphatic heterocycles. The maximum Gasteiger partial charge on any atom is 0.301 e. The average molecular weight is 656 g/mol. The zero-order valence-corrected chi connectivity index (χ0v) is 26.2. The number of amides is 1. The summed E-state index contributed by atoms with van der Waals surface area (Å²) in [5.41, 5.74) is 0.768. The molecule has 1 amide bonds. The Labute approximate surface area is 263 Å². The molecule has 6 rings (SSSR count). The van der Waals surface area contributed by atoms with Gasteiger partial charge in [-0.3, -0.25) is 18.9 Å². The summed E-state index contributed by atoms with van der Waals surface area (Å²) in [5.74, 6) is -2.07. The van der Waals surface area contributed by atoms with Gasteiger partial charge in [-0.1, -0.05) is 6.07 Å². The largest absolute Gasteiger partial charge is 0.338 e. The molecule has 0 saturated carbocycles. The number of rotatable bonds is 7. The summed E-state index contributed by atoms with van der Waals surface area (Å²) in [5, 5.41) is 0.315. The van der Waals surface area contributed by atoms with Gasteiger partial charge in [0.05, 0.1) is 16.8 Å². The first-order valence-corrected chi connectivity index (χ1v) is 16.2. The number of benzene rings is 2. The molecule has 46 heavy (non-hydrogen) atoms. The number of halogens is 3. The van der Waals surface area contributed by atoms with Crippen molar-refractivity contribution < 1.29 is 26.4 Å². The van der Waals surface area contributed by atoms with Crippen LogP contribution in [0.25, 0.3) is 22.2 Å². The Morgan fingerprint density at radius 2 is 1.91 bits per heavy atom. The lowest BCUT2D eigenvalue weighted by molar-refractivity contribution is -0.129. The molecular weight excluding hydrogens is 623 g/mol. The standard InChI is InChI=1S/C31H32F3N7O4S/c1-4-41(23-6-5-19-9-11-39(18(2)42)16-21(19)13-23)31-35-15-20-14-24(30(43)38(3)29(20)36-31)27-25(33)7-8-26(28(27)34)37-46(44,45)40-12-10-22(32)17-40/h5-8,13-15,22,37H,4,9-12,16-17H2,1-3H3/t22-/m1/s1. The van der Waals surface area contributed by atoms with Crippen LogP contribution in [0.5, 0.6) is 0 Å². The van der Waals surface area contributed by atoms with Gasteiger partial charge in [0, 0.05) is 64.0 Å². The Morgan fingerprint density at radius 3 is 2.61 bits per heavy atom. The summed E-state index contributed by atoms with van der Waals surface area (Å²) in [6.07, 6.45) is 0.877. The molecule has 4 heterocycles. The van der Waals surface area contributed by atoms with Crippen LogP contribution < -0.4 is 15.2 Å². The average Bonchev–Trinajstić information content (AvgIpc) is 3.48. The van der Waals surface area contributed by atoms with Crippen LogP contribution in [0.1, 0.15) is 31.4 Å². The first-order valence-electron chi connectivity index (χ1n) is 14.8. The molecule has 0 unspecified atom stereocenters. The van der Waals surface area contributed by atoms with Crippen LogP contribution in [0.15, 0.2) is 47.4 Å². The first-order chi connectivity index (χ1) is 21.9. The Morgan fingerprint density at radius 1 is 1.13 bits per heavy atom. The van der Waals surface area contributed by atoms with E-state index in [0.29, 0.717) is 31.0 Å². The van der Waals surface area contributed by atoms with Crippen molar-refractivity contribution in [3.63, 3.8) is 0 Å². The molecule has 2 aliphatic rings. The molecule has 2 aromatic heterocycles. The number of pyridine rings is 1. The van der Waals surface area contributed by atoms with E-state index in [0.717, 1.165) is 44.2 Å². The van der Waals surface area contributed by atoms with E-state index in [-0.39, 0.29) is 36.6 Å². The predicted molar refractivity (Wildman–Crippen MR) is 168 cm³/mol. The van der Waals surface area contributed by atoms with Crippen LogP contribution >= 0.6 is 0 Å². The van der Waals surface area contributed by atoms with Crippen LogP contribution in [0, 0.1) is 11.6 Å². The fraction of sp³-hybridized carbons (Fsp3) is 0.355. The molecular formula is C31H32F3N7O4S. The van der Waals surface area contributed by atoms with Crippen LogP contribution in [-0.4, -0.2) is 70.4 Å². The normalized spacial score (nSPS) is 16.9. The van der Waals surface area contributed by atoms with E-state index in [4.69, 9.17) is 0 Å². The number of hydrogen-bond donors (Lipinski definition) is 1. The van der Waals surface area contributed by atoms with Crippen molar-refractivity contribution in [1.82, 2.24) is 23.7 Å². The number of nitrogens with one attached hydrogen (secondary N) is 1. The number of nitrogens with zero attached hydrogens (tertiary/aromatic N) is 6. The minimum atomic E-state index is -4.33. The lowest BCUT2D eigenvalue weighted by Gasteiger charge is -2.29. The summed E-state index contributed by atoms with van der Waals surface area (Å²) < 4.78 is 74.0. The third kappa shape index (κ3) is 5.68. The Balaban J connectivity index is 1.36. The van der Waals surface area contributed by atoms with Crippen molar-refractivity contribution in [2.75, 3.05) is 35.8 Å². The summed E-state index contributed by atoms with van der Waals surface area (Å²) in [6, 6.07) is 9.00. The number of aromatic nitrogens is 3. The first kappa shape index (κ1) is 31.5. The van der Waals surface area contributed by atoms with Crippen molar-refractivity contribution in [2.24, 2.45) is 7.05 Å². The highest BCUT2D eigenvalue weighted by Gasteiger charge is 2.32. The SMILES string of the molecule is CCN(c1ccc2c(c1)CN(C(C)=O)CC2)c1ncc2cc(-c3c(F)ccc(NS(=O)(=O)N4CC[C@@H](F)C4)c3F)c(=O)n(C)c2n1. The molecule has 4 aromatic rings. The van der Waals surface area contributed by atoms with Gasteiger partial charge in [-0.15, -0.1) is 0 Å². The number of alkyl halides is 1. The summed E-state index contributed by atoms with van der Waals surface area (Å²) in [6.45, 7) is 4.65. The fourth-order valence-electron chi connectivity index (χ4n) is 5.95. The fourth-order valence-corrected chi connectivity index (χ4v) is 7.22. The lowest BCUT2D eigenvalue weighted by Crippen LogP contribution is -2.34. The van der Waals surface area contributed by atoms with Crippen LogP contribution in [0.2, 0.25) is 0 Å². The Kier molecular flexibility index (Phi) is 8.23. The van der Waals surface area contributed by atoms with E-state index < -0.39 is 44.8 Å². The van der Waals surface area contributed by atoms with Crippen molar-refractivity contribution >= 4 is 44.5 Å². The van der Waals surface area contributed by atoms with E-state index in [1.165, 1.54) is 19.3 Å². The molecule has 1 fully saturated rings. The summed E-state index contributed by atoms with van der Waals surface area (Å²) in [4.78, 5) is 38.3. The molecule has 15 heteroatoms. The van der Waals surface area contributed by atoms with Gasteiger partial charge < -0.3 is 9.80 Å².